The van der Waals surface area contributed by atoms with Gasteiger partial charge >= 0.3 is 0 Å². The van der Waals surface area contributed by atoms with E-state index in [1.54, 1.807) is 4.90 Å². The van der Waals surface area contributed by atoms with Crippen LogP contribution in [0, 0.1) is 17.8 Å². The van der Waals surface area contributed by atoms with Crippen LogP contribution < -0.4 is 5.32 Å². The second kappa shape index (κ2) is 4.10. The maximum atomic E-state index is 12.4. The Labute approximate surface area is 102 Å². The topological polar surface area (TPSA) is 52.6 Å². The van der Waals surface area contributed by atoms with Gasteiger partial charge in [-0.2, -0.15) is 0 Å². The molecule has 2 N–H and O–H groups in total. The van der Waals surface area contributed by atoms with Crippen LogP contribution in [-0.2, 0) is 4.79 Å². The quantitative estimate of drug-likeness (QED) is 0.663. The van der Waals surface area contributed by atoms with Crippen molar-refractivity contribution in [3.8, 4) is 0 Å². The third kappa shape index (κ3) is 1.79. The number of β-amino-alcohol motifs (C(OH)–C–C–N with tert-alkyl or cyclic N) is 1. The van der Waals surface area contributed by atoms with Gasteiger partial charge in [0, 0.05) is 26.1 Å². The molecule has 3 unspecified atom stereocenters. The number of hydrogen-bond donors (Lipinski definition) is 2. The van der Waals surface area contributed by atoms with Crippen LogP contribution in [0.25, 0.3) is 0 Å². The first-order valence-corrected chi connectivity index (χ1v) is 6.50. The molecule has 3 aliphatic rings. The molecule has 1 saturated carbocycles. The minimum Gasteiger partial charge on any atom is -0.390 e. The minimum absolute atomic E-state index is 0.0504. The monoisotopic (exact) mass is 236 g/mol. The van der Waals surface area contributed by atoms with Gasteiger partial charge in [-0.15, -0.1) is 0 Å². The number of allylic oxidation sites excluding steroid dienone is 2. The zero-order chi connectivity index (χ0) is 12.0. The van der Waals surface area contributed by atoms with Crippen molar-refractivity contribution >= 4 is 5.91 Å². The summed E-state index contributed by atoms with van der Waals surface area (Å²) in [5.74, 6) is 1.44. The van der Waals surface area contributed by atoms with Gasteiger partial charge in [0.05, 0.1) is 12.1 Å². The molecule has 1 saturated heterocycles. The van der Waals surface area contributed by atoms with E-state index in [2.05, 4.69) is 17.5 Å². The Kier molecular flexibility index (Phi) is 2.71. The molecule has 0 radical (unpaired) electrons. The highest BCUT2D eigenvalue weighted by Crippen LogP contribution is 2.44. The van der Waals surface area contributed by atoms with E-state index in [1.165, 1.54) is 0 Å². The lowest BCUT2D eigenvalue weighted by molar-refractivity contribution is -0.138. The summed E-state index contributed by atoms with van der Waals surface area (Å²) < 4.78 is 0. The normalized spacial score (nSPS) is 43.3. The van der Waals surface area contributed by atoms with Gasteiger partial charge in [0.25, 0.3) is 0 Å². The molecule has 4 heteroatoms. The van der Waals surface area contributed by atoms with E-state index in [9.17, 15) is 9.90 Å². The lowest BCUT2D eigenvalue weighted by Crippen LogP contribution is -2.47. The molecule has 1 heterocycles. The Morgan fingerprint density at radius 3 is 2.71 bits per heavy atom. The second-order valence-corrected chi connectivity index (χ2v) is 5.63. The van der Waals surface area contributed by atoms with Crippen LogP contribution >= 0.6 is 0 Å². The minimum atomic E-state index is -0.418. The average Bonchev–Trinajstić information content (AvgIpc) is 3.02. The maximum Gasteiger partial charge on any atom is 0.226 e. The molecule has 0 aromatic carbocycles. The van der Waals surface area contributed by atoms with Crippen molar-refractivity contribution in [2.45, 2.75) is 25.0 Å². The molecule has 94 valence electrons. The van der Waals surface area contributed by atoms with Gasteiger partial charge in [-0.25, -0.2) is 0 Å². The molecule has 3 rings (SSSR count). The van der Waals surface area contributed by atoms with Gasteiger partial charge in [0.2, 0.25) is 5.91 Å². The number of aliphatic hydroxyl groups is 1. The Morgan fingerprint density at radius 2 is 2.18 bits per heavy atom. The van der Waals surface area contributed by atoms with Gasteiger partial charge in [-0.05, 0) is 24.7 Å². The molecule has 2 fully saturated rings. The van der Waals surface area contributed by atoms with Gasteiger partial charge in [0.15, 0.2) is 0 Å². The highest BCUT2D eigenvalue weighted by molar-refractivity contribution is 5.80. The van der Waals surface area contributed by atoms with Gasteiger partial charge in [-0.1, -0.05) is 12.2 Å². The molecule has 1 amide bonds. The number of aliphatic hydroxyl groups excluding tert-OH is 1. The number of amides is 1. The Hall–Kier alpha value is -0.870. The summed E-state index contributed by atoms with van der Waals surface area (Å²) in [4.78, 5) is 14.2. The molecule has 0 aromatic rings. The maximum absolute atomic E-state index is 12.4. The third-order valence-corrected chi connectivity index (χ3v) is 4.59. The van der Waals surface area contributed by atoms with E-state index in [0.29, 0.717) is 24.9 Å². The lowest BCUT2D eigenvalue weighted by atomic mass is 9.92. The molecule has 4 nitrogen and oxygen atoms in total. The number of carbonyl (C=O) groups excluding carboxylic acids is 1. The van der Waals surface area contributed by atoms with E-state index in [1.807, 2.05) is 7.05 Å². The number of likely N-dealkylation sites (N-methyl/N-ethyl adjacent to an activating group) is 1. The Bertz CT molecular complexity index is 355. The summed E-state index contributed by atoms with van der Waals surface area (Å²) >= 11 is 0. The van der Waals surface area contributed by atoms with Crippen LogP contribution in [0.5, 0.6) is 0 Å². The summed E-state index contributed by atoms with van der Waals surface area (Å²) in [7, 11) is 1.83. The molecule has 0 aromatic heterocycles. The fourth-order valence-corrected chi connectivity index (χ4v) is 3.54. The summed E-state index contributed by atoms with van der Waals surface area (Å²) in [5.41, 5.74) is 0. The van der Waals surface area contributed by atoms with Gasteiger partial charge in [-0.3, -0.25) is 4.79 Å². The van der Waals surface area contributed by atoms with E-state index >= 15 is 0 Å². The molecule has 0 spiro atoms. The summed E-state index contributed by atoms with van der Waals surface area (Å²) in [6, 6.07) is -0.0504. The van der Waals surface area contributed by atoms with Crippen LogP contribution in [0.15, 0.2) is 12.2 Å². The van der Waals surface area contributed by atoms with Gasteiger partial charge < -0.3 is 15.3 Å². The highest BCUT2D eigenvalue weighted by Gasteiger charge is 2.43. The molecular formula is C13H20N2O2. The van der Waals surface area contributed by atoms with Crippen molar-refractivity contribution in [2.75, 3.05) is 20.1 Å². The van der Waals surface area contributed by atoms with E-state index in [4.69, 9.17) is 0 Å². The molecule has 17 heavy (non-hydrogen) atoms. The fraction of sp³-hybridized carbons (Fsp3) is 0.769. The highest BCUT2D eigenvalue weighted by atomic mass is 16.3. The number of rotatable bonds is 2. The van der Waals surface area contributed by atoms with Crippen molar-refractivity contribution in [3.63, 3.8) is 0 Å². The van der Waals surface area contributed by atoms with Crippen molar-refractivity contribution in [1.29, 1.82) is 0 Å². The smallest absolute Gasteiger partial charge is 0.226 e. The number of carbonyl (C=O) groups is 1. The zero-order valence-corrected chi connectivity index (χ0v) is 10.2. The van der Waals surface area contributed by atoms with Crippen molar-refractivity contribution in [3.05, 3.63) is 12.2 Å². The van der Waals surface area contributed by atoms with E-state index < -0.39 is 6.10 Å². The average molecular weight is 236 g/mol. The SMILES string of the molecule is CN(C(=O)C1CC2C=CC1C2)[C@@H]1CNC[C@H]1O. The van der Waals surface area contributed by atoms with Crippen molar-refractivity contribution < 1.29 is 9.90 Å². The van der Waals surface area contributed by atoms with Crippen LogP contribution in [0.3, 0.4) is 0 Å². The summed E-state index contributed by atoms with van der Waals surface area (Å²) in [6.45, 7) is 1.30. The first-order valence-electron chi connectivity index (χ1n) is 6.50. The molecule has 5 atom stereocenters. The lowest BCUT2D eigenvalue weighted by Gasteiger charge is -2.30. The first kappa shape index (κ1) is 11.2. The van der Waals surface area contributed by atoms with Crippen LogP contribution in [0.4, 0.5) is 0 Å². The Morgan fingerprint density at radius 1 is 1.35 bits per heavy atom. The predicted molar refractivity (Wildman–Crippen MR) is 64.3 cm³/mol. The molecule has 2 bridgehead atoms. The number of nitrogens with zero attached hydrogens (tertiary/aromatic N) is 1. The summed E-state index contributed by atoms with van der Waals surface area (Å²) in [6.07, 6.45) is 6.18. The van der Waals surface area contributed by atoms with E-state index in [0.717, 1.165) is 12.8 Å². The number of nitrogens with one attached hydrogen (secondary N) is 1. The second-order valence-electron chi connectivity index (χ2n) is 5.63. The molecular weight excluding hydrogens is 216 g/mol. The van der Waals surface area contributed by atoms with Crippen LogP contribution in [-0.4, -0.2) is 48.2 Å². The van der Waals surface area contributed by atoms with Crippen molar-refractivity contribution in [2.24, 2.45) is 17.8 Å². The standard InChI is InChI=1S/C13H20N2O2/c1-15(11-6-14-7-12(11)16)13(17)10-5-8-2-3-9(10)4-8/h2-3,8-12,14,16H,4-7H2,1H3/t8?,9?,10?,11-,12-/m1/s1. The first-order chi connectivity index (χ1) is 8.16. The van der Waals surface area contributed by atoms with Crippen LogP contribution in [0.2, 0.25) is 0 Å². The zero-order valence-electron chi connectivity index (χ0n) is 10.2. The number of hydrogen-bond acceptors (Lipinski definition) is 3. The Balaban J connectivity index is 1.68. The largest absolute Gasteiger partial charge is 0.390 e. The fourth-order valence-electron chi connectivity index (χ4n) is 3.54. The van der Waals surface area contributed by atoms with Gasteiger partial charge in [0.1, 0.15) is 0 Å². The van der Waals surface area contributed by atoms with E-state index in [-0.39, 0.29) is 17.9 Å². The third-order valence-electron chi connectivity index (χ3n) is 4.59. The predicted octanol–water partition coefficient (Wildman–Crippen LogP) is -0.0103. The summed E-state index contributed by atoms with van der Waals surface area (Å²) in [5, 5.41) is 12.9. The molecule has 1 aliphatic heterocycles. The molecule has 2 aliphatic carbocycles. The van der Waals surface area contributed by atoms with Crippen molar-refractivity contribution in [1.82, 2.24) is 10.2 Å². The van der Waals surface area contributed by atoms with Crippen LogP contribution in [0.1, 0.15) is 12.8 Å². The number of fused-ring (bicyclic) bond motifs is 2.